The summed E-state index contributed by atoms with van der Waals surface area (Å²) in [5.41, 5.74) is 1.65. The van der Waals surface area contributed by atoms with Crippen molar-refractivity contribution in [1.29, 1.82) is 0 Å². The first-order valence-electron chi connectivity index (χ1n) is 7.26. The van der Waals surface area contributed by atoms with E-state index in [9.17, 15) is 9.59 Å². The Morgan fingerprint density at radius 1 is 1.38 bits per heavy atom. The van der Waals surface area contributed by atoms with E-state index in [1.165, 1.54) is 0 Å². The van der Waals surface area contributed by atoms with Gasteiger partial charge < -0.3 is 10.4 Å². The Morgan fingerprint density at radius 2 is 2.05 bits per heavy atom. The SMILES string of the molecule is Cc1cc(C)n(CCCNC(=O)C2C(C(=O)O)C2(C)C)n1. The quantitative estimate of drug-likeness (QED) is 0.776. The van der Waals surface area contributed by atoms with E-state index >= 15 is 0 Å². The van der Waals surface area contributed by atoms with Crippen molar-refractivity contribution in [2.75, 3.05) is 6.54 Å². The van der Waals surface area contributed by atoms with Crippen molar-refractivity contribution in [3.8, 4) is 0 Å². The van der Waals surface area contributed by atoms with Gasteiger partial charge in [0.25, 0.3) is 0 Å². The van der Waals surface area contributed by atoms with E-state index in [2.05, 4.69) is 10.4 Å². The molecule has 1 aromatic rings. The molecule has 6 nitrogen and oxygen atoms in total. The fourth-order valence-corrected chi connectivity index (χ4v) is 3.04. The smallest absolute Gasteiger partial charge is 0.307 e. The summed E-state index contributed by atoms with van der Waals surface area (Å²) >= 11 is 0. The molecule has 1 aliphatic rings. The Kier molecular flexibility index (Phi) is 4.07. The Balaban J connectivity index is 1.76. The number of nitrogens with one attached hydrogen (secondary N) is 1. The van der Waals surface area contributed by atoms with Crippen LogP contribution in [0.2, 0.25) is 0 Å². The maximum atomic E-state index is 12.0. The molecule has 2 unspecified atom stereocenters. The van der Waals surface area contributed by atoms with Gasteiger partial charge in [-0.05, 0) is 31.7 Å². The molecular weight excluding hydrogens is 270 g/mol. The lowest BCUT2D eigenvalue weighted by Crippen LogP contribution is -2.29. The van der Waals surface area contributed by atoms with Gasteiger partial charge in [-0.15, -0.1) is 0 Å². The summed E-state index contributed by atoms with van der Waals surface area (Å²) in [5, 5.41) is 16.3. The van der Waals surface area contributed by atoms with Crippen molar-refractivity contribution in [3.63, 3.8) is 0 Å². The molecule has 1 aromatic heterocycles. The lowest BCUT2D eigenvalue weighted by atomic mass is 10.1. The Hall–Kier alpha value is -1.85. The van der Waals surface area contributed by atoms with Crippen molar-refractivity contribution in [3.05, 3.63) is 17.5 Å². The van der Waals surface area contributed by atoms with Crippen LogP contribution < -0.4 is 5.32 Å². The topological polar surface area (TPSA) is 84.2 Å². The summed E-state index contributed by atoms with van der Waals surface area (Å²) in [6, 6.07) is 2.02. The Bertz CT molecular complexity index is 563. The van der Waals surface area contributed by atoms with Crippen molar-refractivity contribution in [1.82, 2.24) is 15.1 Å². The van der Waals surface area contributed by atoms with Crippen LogP contribution >= 0.6 is 0 Å². The van der Waals surface area contributed by atoms with Crippen molar-refractivity contribution in [2.45, 2.75) is 40.7 Å². The molecule has 2 rings (SSSR count). The van der Waals surface area contributed by atoms with Gasteiger partial charge in [-0.1, -0.05) is 13.8 Å². The van der Waals surface area contributed by atoms with Crippen LogP contribution in [-0.4, -0.2) is 33.3 Å². The maximum absolute atomic E-state index is 12.0. The van der Waals surface area contributed by atoms with Crippen molar-refractivity contribution >= 4 is 11.9 Å². The van der Waals surface area contributed by atoms with Crippen LogP contribution in [0.4, 0.5) is 0 Å². The van der Waals surface area contributed by atoms with Gasteiger partial charge in [-0.25, -0.2) is 0 Å². The average Bonchev–Trinajstić information content (AvgIpc) is 2.81. The predicted octanol–water partition coefficient (Wildman–Crippen LogP) is 1.36. The summed E-state index contributed by atoms with van der Waals surface area (Å²) in [4.78, 5) is 23.1. The molecule has 0 saturated heterocycles. The Morgan fingerprint density at radius 3 is 2.52 bits per heavy atom. The zero-order valence-electron chi connectivity index (χ0n) is 13.0. The summed E-state index contributed by atoms with van der Waals surface area (Å²) in [6.07, 6.45) is 0.776. The zero-order valence-corrected chi connectivity index (χ0v) is 13.0. The van der Waals surface area contributed by atoms with Gasteiger partial charge in [-0.2, -0.15) is 5.10 Å². The van der Waals surface area contributed by atoms with Crippen molar-refractivity contribution < 1.29 is 14.7 Å². The summed E-state index contributed by atoms with van der Waals surface area (Å²) in [5.74, 6) is -2.01. The lowest BCUT2D eigenvalue weighted by Gasteiger charge is -2.07. The highest BCUT2D eigenvalue weighted by molar-refractivity contribution is 5.91. The number of hydrogen-bond donors (Lipinski definition) is 2. The van der Waals surface area contributed by atoms with Gasteiger partial charge in [0, 0.05) is 18.8 Å². The largest absolute Gasteiger partial charge is 0.481 e. The Labute approximate surface area is 124 Å². The molecule has 116 valence electrons. The lowest BCUT2D eigenvalue weighted by molar-refractivity contribution is -0.140. The van der Waals surface area contributed by atoms with Crippen LogP contribution in [-0.2, 0) is 16.1 Å². The van der Waals surface area contributed by atoms with E-state index in [1.54, 1.807) is 0 Å². The number of amides is 1. The standard InChI is InChI=1S/C15H23N3O3/c1-9-8-10(2)18(17-9)7-5-6-16-13(19)11-12(14(20)21)15(11,3)4/h8,11-12H,5-7H2,1-4H3,(H,16,19)(H,20,21). The first kappa shape index (κ1) is 15.5. The maximum Gasteiger partial charge on any atom is 0.307 e. The molecule has 6 heteroatoms. The van der Waals surface area contributed by atoms with E-state index in [-0.39, 0.29) is 5.91 Å². The van der Waals surface area contributed by atoms with Gasteiger partial charge in [0.15, 0.2) is 0 Å². The molecule has 0 aromatic carbocycles. The highest BCUT2D eigenvalue weighted by Gasteiger charge is 2.65. The molecule has 0 spiro atoms. The van der Waals surface area contributed by atoms with Crippen LogP contribution in [0, 0.1) is 31.1 Å². The molecule has 1 amide bonds. The molecule has 2 N–H and O–H groups in total. The monoisotopic (exact) mass is 293 g/mol. The third kappa shape index (κ3) is 3.09. The third-order valence-corrected chi connectivity index (χ3v) is 4.33. The molecule has 1 saturated carbocycles. The summed E-state index contributed by atoms with van der Waals surface area (Å²) in [7, 11) is 0. The summed E-state index contributed by atoms with van der Waals surface area (Å²) in [6.45, 7) is 8.89. The molecule has 0 aliphatic heterocycles. The van der Waals surface area contributed by atoms with E-state index in [0.717, 1.165) is 24.4 Å². The molecule has 0 radical (unpaired) electrons. The minimum Gasteiger partial charge on any atom is -0.481 e. The third-order valence-electron chi connectivity index (χ3n) is 4.33. The molecule has 2 atom stereocenters. The number of carbonyl (C=O) groups is 2. The van der Waals surface area contributed by atoms with Crippen molar-refractivity contribution in [2.24, 2.45) is 17.3 Å². The fraction of sp³-hybridized carbons (Fsp3) is 0.667. The van der Waals surface area contributed by atoms with Gasteiger partial charge in [0.1, 0.15) is 0 Å². The normalized spacial score (nSPS) is 22.9. The highest BCUT2D eigenvalue weighted by atomic mass is 16.4. The van der Waals surface area contributed by atoms with Crippen LogP contribution in [0.5, 0.6) is 0 Å². The van der Waals surface area contributed by atoms with Crippen LogP contribution in [0.3, 0.4) is 0 Å². The minimum atomic E-state index is -0.886. The number of hydrogen-bond acceptors (Lipinski definition) is 3. The highest BCUT2D eigenvalue weighted by Crippen LogP contribution is 2.58. The van der Waals surface area contributed by atoms with E-state index < -0.39 is 23.2 Å². The second-order valence-electron chi connectivity index (χ2n) is 6.41. The fourth-order valence-electron chi connectivity index (χ4n) is 3.04. The number of carbonyl (C=O) groups excluding carboxylic acids is 1. The van der Waals surface area contributed by atoms with E-state index in [1.807, 2.05) is 38.4 Å². The number of carboxylic acids is 1. The number of aromatic nitrogens is 2. The van der Waals surface area contributed by atoms with E-state index in [4.69, 9.17) is 5.11 Å². The number of aliphatic carboxylic acids is 1. The van der Waals surface area contributed by atoms with Gasteiger partial charge in [0.2, 0.25) is 5.91 Å². The predicted molar refractivity (Wildman–Crippen MR) is 77.7 cm³/mol. The molecule has 1 aliphatic carbocycles. The molecular formula is C15H23N3O3. The number of rotatable bonds is 6. The second-order valence-corrected chi connectivity index (χ2v) is 6.41. The molecule has 1 heterocycles. The van der Waals surface area contributed by atoms with Crippen LogP contribution in [0.15, 0.2) is 6.07 Å². The van der Waals surface area contributed by atoms with E-state index in [0.29, 0.717) is 6.54 Å². The summed E-state index contributed by atoms with van der Waals surface area (Å²) < 4.78 is 1.92. The first-order chi connectivity index (χ1) is 9.75. The molecule has 21 heavy (non-hydrogen) atoms. The van der Waals surface area contributed by atoms with Crippen LogP contribution in [0.25, 0.3) is 0 Å². The van der Waals surface area contributed by atoms with Gasteiger partial charge in [0.05, 0.1) is 17.5 Å². The second kappa shape index (κ2) is 5.50. The molecule has 1 fully saturated rings. The zero-order chi connectivity index (χ0) is 15.8. The number of nitrogens with zero attached hydrogens (tertiary/aromatic N) is 2. The van der Waals surface area contributed by atoms with Gasteiger partial charge in [-0.3, -0.25) is 14.3 Å². The molecule has 0 bridgehead atoms. The number of carboxylic acid groups (broad SMARTS) is 1. The minimum absolute atomic E-state index is 0.152. The first-order valence-corrected chi connectivity index (χ1v) is 7.26. The van der Waals surface area contributed by atoms with Gasteiger partial charge >= 0.3 is 5.97 Å². The average molecular weight is 293 g/mol. The van der Waals surface area contributed by atoms with Crippen LogP contribution in [0.1, 0.15) is 31.7 Å². The number of aryl methyl sites for hydroxylation is 3.